The molecule has 3 heteroatoms. The maximum Gasteiger partial charge on any atom is 0.219 e. The lowest BCUT2D eigenvalue weighted by Crippen LogP contribution is -2.24. The van der Waals surface area contributed by atoms with Gasteiger partial charge in [-0.25, -0.2) is 0 Å². The zero-order valence-corrected chi connectivity index (χ0v) is 9.85. The van der Waals surface area contributed by atoms with Crippen molar-refractivity contribution in [3.63, 3.8) is 0 Å². The fraction of sp³-hybridized carbons (Fsp3) is 0.417. The summed E-state index contributed by atoms with van der Waals surface area (Å²) < 4.78 is 0. The van der Waals surface area contributed by atoms with E-state index in [1.165, 1.54) is 5.56 Å². The molecule has 0 radical (unpaired) electrons. The van der Waals surface area contributed by atoms with Crippen LogP contribution in [0.2, 0.25) is 0 Å². The van der Waals surface area contributed by atoms with E-state index in [1.54, 1.807) is 0 Å². The normalized spacial score (nSPS) is 9.93. The highest BCUT2D eigenvalue weighted by atomic mass is 32.2. The van der Waals surface area contributed by atoms with Crippen LogP contribution in [0.4, 0.5) is 0 Å². The van der Waals surface area contributed by atoms with E-state index >= 15 is 0 Å². The molecule has 0 saturated heterocycles. The molecule has 0 unspecified atom stereocenters. The summed E-state index contributed by atoms with van der Waals surface area (Å²) >= 11 is 1.84. The van der Waals surface area contributed by atoms with Crippen LogP contribution in [0.3, 0.4) is 0 Å². The lowest BCUT2D eigenvalue weighted by atomic mass is 10.2. The summed E-state index contributed by atoms with van der Waals surface area (Å²) in [5.74, 6) is 2.12. The molecule has 1 N–H and O–H groups in total. The van der Waals surface area contributed by atoms with E-state index in [-0.39, 0.29) is 7.33 Å². The summed E-state index contributed by atoms with van der Waals surface area (Å²) in [6.07, 6.45) is 0.573. The molecule has 0 atom stereocenters. The van der Waals surface area contributed by atoms with Crippen LogP contribution in [-0.4, -0.2) is 18.2 Å². The molecule has 15 heavy (non-hydrogen) atoms. The Balaban J connectivity index is 0.00000225. The van der Waals surface area contributed by atoms with Crippen molar-refractivity contribution in [1.29, 1.82) is 0 Å². The highest BCUT2D eigenvalue weighted by Gasteiger charge is 1.95. The molecule has 2 nitrogen and oxygen atoms in total. The molecule has 1 aromatic rings. The quantitative estimate of drug-likeness (QED) is 0.754. The standard InChI is InChI=1S/C12H17NOS.H2/c1-2-12(14)13-8-9-15-10-11-6-4-3-5-7-11;/h3-7H,2,8-10H2,1H3,(H,13,14);1H. The Morgan fingerprint density at radius 2 is 2.13 bits per heavy atom. The molecule has 0 heterocycles. The molecular formula is C12H19NOS. The summed E-state index contributed by atoms with van der Waals surface area (Å²) in [6.45, 7) is 2.64. The maximum atomic E-state index is 10.9. The van der Waals surface area contributed by atoms with Gasteiger partial charge in [0.15, 0.2) is 0 Å². The van der Waals surface area contributed by atoms with Crippen LogP contribution in [-0.2, 0) is 10.5 Å². The zero-order valence-electron chi connectivity index (χ0n) is 9.03. The van der Waals surface area contributed by atoms with E-state index in [0.29, 0.717) is 6.42 Å². The van der Waals surface area contributed by atoms with Crippen LogP contribution in [0.15, 0.2) is 30.3 Å². The summed E-state index contributed by atoms with van der Waals surface area (Å²) in [5, 5.41) is 2.86. The lowest BCUT2D eigenvalue weighted by molar-refractivity contribution is -0.120. The second-order valence-electron chi connectivity index (χ2n) is 3.24. The fourth-order valence-electron chi connectivity index (χ4n) is 1.15. The third-order valence-corrected chi connectivity index (χ3v) is 3.03. The largest absolute Gasteiger partial charge is 0.355 e. The minimum Gasteiger partial charge on any atom is -0.355 e. The molecule has 0 aliphatic carbocycles. The minimum atomic E-state index is 0. The van der Waals surface area contributed by atoms with Gasteiger partial charge in [-0.3, -0.25) is 4.79 Å². The van der Waals surface area contributed by atoms with Gasteiger partial charge >= 0.3 is 0 Å². The molecular weight excluding hydrogens is 206 g/mol. The van der Waals surface area contributed by atoms with Gasteiger partial charge in [-0.1, -0.05) is 37.3 Å². The third kappa shape index (κ3) is 5.47. The first-order chi connectivity index (χ1) is 7.33. The van der Waals surface area contributed by atoms with Crippen LogP contribution in [0.25, 0.3) is 0 Å². The van der Waals surface area contributed by atoms with Gasteiger partial charge in [-0.05, 0) is 5.56 Å². The van der Waals surface area contributed by atoms with Gasteiger partial charge in [0.25, 0.3) is 0 Å². The Morgan fingerprint density at radius 1 is 1.40 bits per heavy atom. The number of hydrogen-bond donors (Lipinski definition) is 1. The van der Waals surface area contributed by atoms with Crippen molar-refractivity contribution in [2.45, 2.75) is 19.1 Å². The van der Waals surface area contributed by atoms with Crippen LogP contribution >= 0.6 is 11.8 Å². The highest BCUT2D eigenvalue weighted by Crippen LogP contribution is 2.10. The van der Waals surface area contributed by atoms with E-state index in [0.717, 1.165) is 18.1 Å². The number of carbonyl (C=O) groups is 1. The Bertz CT molecular complexity index is 292. The van der Waals surface area contributed by atoms with Crippen molar-refractivity contribution >= 4 is 17.7 Å². The Morgan fingerprint density at radius 3 is 2.80 bits per heavy atom. The van der Waals surface area contributed by atoms with Crippen LogP contribution in [0, 0.1) is 0 Å². The average Bonchev–Trinajstić information content (AvgIpc) is 2.29. The SMILES string of the molecule is CCC(=O)NCCSCc1ccccc1.[HH]. The van der Waals surface area contributed by atoms with Crippen molar-refractivity contribution in [2.24, 2.45) is 0 Å². The van der Waals surface area contributed by atoms with Crippen molar-refractivity contribution < 1.29 is 6.22 Å². The predicted molar refractivity (Wildman–Crippen MR) is 68.0 cm³/mol. The second kappa shape index (κ2) is 7.35. The van der Waals surface area contributed by atoms with E-state index in [2.05, 4.69) is 29.6 Å². The minimum absolute atomic E-state index is 0. The van der Waals surface area contributed by atoms with Crippen LogP contribution < -0.4 is 5.32 Å². The van der Waals surface area contributed by atoms with E-state index < -0.39 is 0 Å². The molecule has 1 rings (SSSR count). The van der Waals surface area contributed by atoms with E-state index in [9.17, 15) is 4.79 Å². The number of nitrogens with one attached hydrogen (secondary N) is 1. The predicted octanol–water partition coefficient (Wildman–Crippen LogP) is 2.69. The molecule has 0 fully saturated rings. The van der Waals surface area contributed by atoms with Crippen molar-refractivity contribution in [2.75, 3.05) is 12.3 Å². The summed E-state index contributed by atoms with van der Waals surface area (Å²) in [6, 6.07) is 10.4. The van der Waals surface area contributed by atoms with E-state index in [4.69, 9.17) is 0 Å². The van der Waals surface area contributed by atoms with Crippen LogP contribution in [0.5, 0.6) is 0 Å². The number of amides is 1. The first-order valence-corrected chi connectivity index (χ1v) is 6.36. The summed E-state index contributed by atoms with van der Waals surface area (Å²) in [4.78, 5) is 10.9. The number of rotatable bonds is 6. The molecule has 0 spiro atoms. The number of hydrogen-bond acceptors (Lipinski definition) is 2. The number of carbonyl (C=O) groups excluding carboxylic acids is 1. The highest BCUT2D eigenvalue weighted by molar-refractivity contribution is 7.98. The Labute approximate surface area is 96.9 Å². The molecule has 0 saturated carbocycles. The number of benzene rings is 1. The summed E-state index contributed by atoms with van der Waals surface area (Å²) in [5.41, 5.74) is 1.34. The van der Waals surface area contributed by atoms with Gasteiger partial charge in [0.1, 0.15) is 0 Å². The summed E-state index contributed by atoms with van der Waals surface area (Å²) in [7, 11) is 0. The van der Waals surface area contributed by atoms with Gasteiger partial charge in [0.05, 0.1) is 0 Å². The molecule has 0 aliphatic rings. The fourth-order valence-corrected chi connectivity index (χ4v) is 1.97. The number of thioether (sulfide) groups is 1. The van der Waals surface area contributed by atoms with Gasteiger partial charge in [0, 0.05) is 25.9 Å². The molecule has 0 aliphatic heterocycles. The topological polar surface area (TPSA) is 29.1 Å². The van der Waals surface area contributed by atoms with Crippen LogP contribution in [0.1, 0.15) is 20.3 Å². The van der Waals surface area contributed by atoms with Gasteiger partial charge in [-0.2, -0.15) is 11.8 Å². The zero-order chi connectivity index (χ0) is 10.9. The Kier molecular flexibility index (Phi) is 5.93. The second-order valence-corrected chi connectivity index (χ2v) is 4.35. The average molecular weight is 225 g/mol. The monoisotopic (exact) mass is 225 g/mol. The van der Waals surface area contributed by atoms with Crippen molar-refractivity contribution in [3.8, 4) is 0 Å². The first-order valence-electron chi connectivity index (χ1n) is 5.21. The van der Waals surface area contributed by atoms with Crippen molar-refractivity contribution in [1.82, 2.24) is 5.32 Å². The Hall–Kier alpha value is -0.960. The lowest BCUT2D eigenvalue weighted by Gasteiger charge is -2.03. The van der Waals surface area contributed by atoms with E-state index in [1.807, 2.05) is 24.8 Å². The molecule has 1 aromatic carbocycles. The molecule has 1 amide bonds. The maximum absolute atomic E-state index is 10.9. The third-order valence-electron chi connectivity index (χ3n) is 2.00. The van der Waals surface area contributed by atoms with Gasteiger partial charge < -0.3 is 5.32 Å². The first kappa shape index (κ1) is 12.1. The molecule has 0 aromatic heterocycles. The van der Waals surface area contributed by atoms with Crippen molar-refractivity contribution in [3.05, 3.63) is 35.9 Å². The molecule has 0 bridgehead atoms. The smallest absolute Gasteiger partial charge is 0.219 e. The van der Waals surface area contributed by atoms with Gasteiger partial charge in [0.2, 0.25) is 5.91 Å². The molecule has 84 valence electrons. The van der Waals surface area contributed by atoms with Gasteiger partial charge in [-0.15, -0.1) is 0 Å².